The monoisotopic (exact) mass is 392 g/mol. The highest BCUT2D eigenvalue weighted by molar-refractivity contribution is 6.23. The summed E-state index contributed by atoms with van der Waals surface area (Å²) in [7, 11) is 1.32. The SMILES string of the molecule is COC(=O)c1ccc2c(c1)CCN2C(=O)C(C)N1C(=O)c2ccc(C)cc2C1=O. The fraction of sp³-hybridized carbons (Fsp3) is 0.273. The second kappa shape index (κ2) is 6.84. The van der Waals surface area contributed by atoms with Crippen molar-refractivity contribution in [3.63, 3.8) is 0 Å². The van der Waals surface area contributed by atoms with E-state index in [1.165, 1.54) is 7.11 Å². The lowest BCUT2D eigenvalue weighted by Gasteiger charge is -2.27. The zero-order valence-electron chi connectivity index (χ0n) is 16.4. The van der Waals surface area contributed by atoms with Crippen LogP contribution in [0.2, 0.25) is 0 Å². The lowest BCUT2D eigenvalue weighted by Crippen LogP contribution is -2.49. The van der Waals surface area contributed by atoms with E-state index in [1.807, 2.05) is 6.92 Å². The van der Waals surface area contributed by atoms with Crippen LogP contribution in [-0.4, -0.2) is 48.3 Å². The normalized spacial score (nSPS) is 16.0. The highest BCUT2D eigenvalue weighted by Gasteiger charge is 2.42. The van der Waals surface area contributed by atoms with Crippen LogP contribution in [0.3, 0.4) is 0 Å². The van der Waals surface area contributed by atoms with E-state index in [1.54, 1.807) is 48.2 Å². The summed E-state index contributed by atoms with van der Waals surface area (Å²) < 4.78 is 4.74. The number of carbonyl (C=O) groups excluding carboxylic acids is 4. The lowest BCUT2D eigenvalue weighted by atomic mass is 10.1. The number of hydrogen-bond acceptors (Lipinski definition) is 5. The number of methoxy groups -OCH3 is 1. The molecule has 0 saturated heterocycles. The number of nitrogens with zero attached hydrogens (tertiary/aromatic N) is 2. The van der Waals surface area contributed by atoms with E-state index in [0.717, 1.165) is 16.0 Å². The van der Waals surface area contributed by atoms with Gasteiger partial charge in [-0.15, -0.1) is 0 Å². The number of ether oxygens (including phenoxy) is 1. The van der Waals surface area contributed by atoms with Crippen LogP contribution >= 0.6 is 0 Å². The Balaban J connectivity index is 1.60. The molecule has 29 heavy (non-hydrogen) atoms. The molecule has 0 bridgehead atoms. The molecule has 0 spiro atoms. The standard InChI is InChI=1S/C22H20N2O5/c1-12-4-6-16-17(10-12)21(27)24(20(16)26)13(2)19(25)23-9-8-14-11-15(22(28)29-3)5-7-18(14)23/h4-7,10-11,13H,8-9H2,1-3H3. The van der Waals surface area contributed by atoms with Gasteiger partial charge in [-0.05, 0) is 56.2 Å². The van der Waals surface area contributed by atoms with Crippen molar-refractivity contribution in [2.24, 2.45) is 0 Å². The molecule has 0 saturated carbocycles. The number of fused-ring (bicyclic) bond motifs is 2. The summed E-state index contributed by atoms with van der Waals surface area (Å²) in [6, 6.07) is 9.15. The number of hydrogen-bond donors (Lipinski definition) is 0. The number of rotatable bonds is 3. The van der Waals surface area contributed by atoms with Crippen LogP contribution in [0.15, 0.2) is 36.4 Å². The number of amides is 3. The Morgan fingerprint density at radius 3 is 2.48 bits per heavy atom. The van der Waals surface area contributed by atoms with Crippen LogP contribution in [0.25, 0.3) is 0 Å². The molecule has 2 aliphatic rings. The third-order valence-corrected chi connectivity index (χ3v) is 5.48. The number of carbonyl (C=O) groups is 4. The number of anilines is 1. The van der Waals surface area contributed by atoms with Gasteiger partial charge in [0.15, 0.2) is 0 Å². The minimum absolute atomic E-state index is 0.324. The Labute approximate surface area is 167 Å². The van der Waals surface area contributed by atoms with E-state index in [0.29, 0.717) is 35.3 Å². The van der Waals surface area contributed by atoms with Crippen molar-refractivity contribution in [3.8, 4) is 0 Å². The summed E-state index contributed by atoms with van der Waals surface area (Å²) in [5, 5.41) is 0. The third kappa shape index (κ3) is 2.90. The Bertz CT molecular complexity index is 1070. The predicted molar refractivity (Wildman–Crippen MR) is 105 cm³/mol. The maximum absolute atomic E-state index is 13.2. The molecule has 1 unspecified atom stereocenters. The van der Waals surface area contributed by atoms with Gasteiger partial charge in [-0.2, -0.15) is 0 Å². The van der Waals surface area contributed by atoms with Crippen LogP contribution in [0.1, 0.15) is 49.1 Å². The van der Waals surface area contributed by atoms with Crippen LogP contribution in [-0.2, 0) is 16.0 Å². The quantitative estimate of drug-likeness (QED) is 0.591. The first kappa shape index (κ1) is 18.9. The van der Waals surface area contributed by atoms with Crippen LogP contribution in [0.4, 0.5) is 5.69 Å². The number of aryl methyl sites for hydroxylation is 1. The van der Waals surface area contributed by atoms with Crippen molar-refractivity contribution in [2.75, 3.05) is 18.6 Å². The molecular weight excluding hydrogens is 372 g/mol. The Hall–Kier alpha value is -3.48. The Morgan fingerprint density at radius 1 is 1.03 bits per heavy atom. The molecule has 1 atom stereocenters. The molecule has 0 fully saturated rings. The zero-order valence-corrected chi connectivity index (χ0v) is 16.4. The summed E-state index contributed by atoms with van der Waals surface area (Å²) >= 11 is 0. The molecule has 7 nitrogen and oxygen atoms in total. The number of esters is 1. The zero-order chi connectivity index (χ0) is 20.9. The summed E-state index contributed by atoms with van der Waals surface area (Å²) in [6.45, 7) is 3.84. The average Bonchev–Trinajstić information content (AvgIpc) is 3.24. The van der Waals surface area contributed by atoms with E-state index in [9.17, 15) is 19.2 Å². The lowest BCUT2D eigenvalue weighted by molar-refractivity contribution is -0.121. The van der Waals surface area contributed by atoms with Gasteiger partial charge in [-0.3, -0.25) is 19.3 Å². The fourth-order valence-corrected chi connectivity index (χ4v) is 3.94. The topological polar surface area (TPSA) is 84.0 Å². The van der Waals surface area contributed by atoms with E-state index >= 15 is 0 Å². The molecule has 7 heteroatoms. The van der Waals surface area contributed by atoms with Crippen molar-refractivity contribution in [1.82, 2.24) is 4.90 Å². The van der Waals surface area contributed by atoms with Gasteiger partial charge < -0.3 is 9.64 Å². The van der Waals surface area contributed by atoms with Crippen molar-refractivity contribution >= 4 is 29.4 Å². The molecule has 3 amide bonds. The van der Waals surface area contributed by atoms with E-state index in [-0.39, 0.29) is 5.91 Å². The first-order valence-corrected chi connectivity index (χ1v) is 9.34. The van der Waals surface area contributed by atoms with Crippen molar-refractivity contribution in [3.05, 3.63) is 64.2 Å². The smallest absolute Gasteiger partial charge is 0.337 e. The van der Waals surface area contributed by atoms with Gasteiger partial charge in [0.2, 0.25) is 5.91 Å². The Kier molecular flexibility index (Phi) is 4.45. The molecule has 148 valence electrons. The molecule has 2 heterocycles. The predicted octanol–water partition coefficient (Wildman–Crippen LogP) is 2.36. The first-order valence-electron chi connectivity index (χ1n) is 9.34. The largest absolute Gasteiger partial charge is 0.465 e. The molecule has 2 aromatic rings. The van der Waals surface area contributed by atoms with E-state index in [4.69, 9.17) is 4.74 Å². The minimum atomic E-state index is -0.936. The van der Waals surface area contributed by atoms with Gasteiger partial charge in [0.25, 0.3) is 11.8 Å². The van der Waals surface area contributed by atoms with Gasteiger partial charge in [0.1, 0.15) is 6.04 Å². The highest BCUT2D eigenvalue weighted by atomic mass is 16.5. The second-order valence-electron chi connectivity index (χ2n) is 7.28. The molecule has 2 aromatic carbocycles. The molecule has 0 radical (unpaired) electrons. The van der Waals surface area contributed by atoms with Gasteiger partial charge in [-0.1, -0.05) is 11.6 Å². The van der Waals surface area contributed by atoms with Gasteiger partial charge in [0.05, 0.1) is 23.8 Å². The second-order valence-corrected chi connectivity index (χ2v) is 7.28. The summed E-state index contributed by atoms with van der Waals surface area (Å²) in [5.74, 6) is -1.67. The molecule has 4 rings (SSSR count). The van der Waals surface area contributed by atoms with Crippen LogP contribution in [0.5, 0.6) is 0 Å². The number of imide groups is 1. The maximum atomic E-state index is 13.2. The van der Waals surface area contributed by atoms with E-state index in [2.05, 4.69) is 0 Å². The van der Waals surface area contributed by atoms with Crippen molar-refractivity contribution < 1.29 is 23.9 Å². The summed E-state index contributed by atoms with van der Waals surface area (Å²) in [5.41, 5.74) is 3.49. The van der Waals surface area contributed by atoms with E-state index < -0.39 is 23.8 Å². The van der Waals surface area contributed by atoms with Crippen LogP contribution < -0.4 is 4.90 Å². The van der Waals surface area contributed by atoms with Gasteiger partial charge in [0, 0.05) is 12.2 Å². The van der Waals surface area contributed by atoms with Gasteiger partial charge in [-0.25, -0.2) is 4.79 Å². The Morgan fingerprint density at radius 2 is 1.76 bits per heavy atom. The maximum Gasteiger partial charge on any atom is 0.337 e. The summed E-state index contributed by atoms with van der Waals surface area (Å²) in [4.78, 5) is 53.1. The molecule has 2 aliphatic heterocycles. The molecule has 0 N–H and O–H groups in total. The molecular formula is C22H20N2O5. The number of benzene rings is 2. The fourth-order valence-electron chi connectivity index (χ4n) is 3.94. The van der Waals surface area contributed by atoms with Crippen molar-refractivity contribution in [1.29, 1.82) is 0 Å². The third-order valence-electron chi connectivity index (χ3n) is 5.48. The average molecular weight is 392 g/mol. The highest BCUT2D eigenvalue weighted by Crippen LogP contribution is 2.32. The van der Waals surface area contributed by atoms with Gasteiger partial charge >= 0.3 is 5.97 Å². The molecule has 0 aliphatic carbocycles. The van der Waals surface area contributed by atoms with Crippen LogP contribution in [0, 0.1) is 6.92 Å². The first-order chi connectivity index (χ1) is 13.8. The van der Waals surface area contributed by atoms with Crippen molar-refractivity contribution in [2.45, 2.75) is 26.3 Å². The summed E-state index contributed by atoms with van der Waals surface area (Å²) in [6.07, 6.45) is 0.583. The molecule has 0 aromatic heterocycles. The minimum Gasteiger partial charge on any atom is -0.465 e.